The van der Waals surface area contributed by atoms with Crippen LogP contribution in [0.1, 0.15) is 24.3 Å². The summed E-state index contributed by atoms with van der Waals surface area (Å²) in [6.45, 7) is 3.85. The Morgan fingerprint density at radius 1 is 1.12 bits per heavy atom. The van der Waals surface area contributed by atoms with Crippen LogP contribution in [-0.2, 0) is 19.6 Å². The van der Waals surface area contributed by atoms with E-state index in [-0.39, 0.29) is 10.6 Å². The van der Waals surface area contributed by atoms with Crippen LogP contribution in [0.4, 0.5) is 5.69 Å². The molecule has 0 bridgehead atoms. The van der Waals surface area contributed by atoms with Crippen molar-refractivity contribution in [3.8, 4) is 0 Å². The minimum atomic E-state index is -3.55. The van der Waals surface area contributed by atoms with Gasteiger partial charge in [0.05, 0.1) is 4.90 Å². The van der Waals surface area contributed by atoms with Crippen molar-refractivity contribution in [1.29, 1.82) is 0 Å². The Morgan fingerprint density at radius 2 is 1.77 bits per heavy atom. The standard InChI is InChI=1S/C17H21N3O5S/c1-3-20(4-2)26(23,24)14-9-7-13(8-10-14)19-16(21)12-25-17(22)15-6-5-11-18-15/h5-11,18H,3-4,12H2,1-2H3,(H,19,21). The van der Waals surface area contributed by atoms with Gasteiger partial charge < -0.3 is 15.0 Å². The molecular formula is C17H21N3O5S. The van der Waals surface area contributed by atoms with Crippen LogP contribution >= 0.6 is 0 Å². The first-order chi connectivity index (χ1) is 12.4. The molecule has 8 nitrogen and oxygen atoms in total. The monoisotopic (exact) mass is 379 g/mol. The number of H-pyrrole nitrogens is 1. The molecule has 0 radical (unpaired) electrons. The normalized spacial score (nSPS) is 11.3. The van der Waals surface area contributed by atoms with E-state index in [0.717, 1.165) is 0 Å². The molecule has 0 saturated heterocycles. The summed E-state index contributed by atoms with van der Waals surface area (Å²) >= 11 is 0. The lowest BCUT2D eigenvalue weighted by Gasteiger charge is -2.18. The van der Waals surface area contributed by atoms with Crippen LogP contribution in [0.2, 0.25) is 0 Å². The fraction of sp³-hybridized carbons (Fsp3) is 0.294. The highest BCUT2D eigenvalue weighted by Crippen LogP contribution is 2.18. The van der Waals surface area contributed by atoms with Crippen LogP contribution in [0.3, 0.4) is 0 Å². The maximum atomic E-state index is 12.4. The molecule has 1 amide bonds. The first-order valence-electron chi connectivity index (χ1n) is 8.09. The molecule has 2 N–H and O–H groups in total. The quantitative estimate of drug-likeness (QED) is 0.680. The van der Waals surface area contributed by atoms with Gasteiger partial charge in [-0.1, -0.05) is 13.8 Å². The van der Waals surface area contributed by atoms with E-state index in [0.29, 0.717) is 18.8 Å². The van der Waals surface area contributed by atoms with Gasteiger partial charge in [0.1, 0.15) is 5.69 Å². The molecule has 1 heterocycles. The highest BCUT2D eigenvalue weighted by molar-refractivity contribution is 7.89. The van der Waals surface area contributed by atoms with E-state index in [1.54, 1.807) is 26.1 Å². The number of carbonyl (C=O) groups excluding carboxylic acids is 2. The second-order valence-electron chi connectivity index (χ2n) is 5.32. The summed E-state index contributed by atoms with van der Waals surface area (Å²) < 4.78 is 31.0. The third-order valence-electron chi connectivity index (χ3n) is 3.63. The van der Waals surface area contributed by atoms with E-state index in [1.165, 1.54) is 34.6 Å². The Labute approximate surface area is 152 Å². The van der Waals surface area contributed by atoms with Crippen molar-refractivity contribution >= 4 is 27.6 Å². The predicted molar refractivity (Wildman–Crippen MR) is 96.3 cm³/mol. The molecule has 0 unspecified atom stereocenters. The molecule has 1 aromatic carbocycles. The lowest BCUT2D eigenvalue weighted by Crippen LogP contribution is -2.30. The van der Waals surface area contributed by atoms with Crippen LogP contribution in [0.15, 0.2) is 47.5 Å². The number of sulfonamides is 1. The van der Waals surface area contributed by atoms with Gasteiger partial charge in [-0.2, -0.15) is 4.31 Å². The second-order valence-corrected chi connectivity index (χ2v) is 7.26. The number of ether oxygens (including phenoxy) is 1. The lowest BCUT2D eigenvalue weighted by atomic mass is 10.3. The van der Waals surface area contributed by atoms with Gasteiger partial charge in [-0.3, -0.25) is 4.79 Å². The number of hydrogen-bond donors (Lipinski definition) is 2. The molecule has 0 aliphatic carbocycles. The van der Waals surface area contributed by atoms with Gasteiger partial charge in [0.15, 0.2) is 6.61 Å². The number of nitrogens with one attached hydrogen (secondary N) is 2. The molecule has 2 rings (SSSR count). The molecule has 0 saturated carbocycles. The van der Waals surface area contributed by atoms with Crippen molar-refractivity contribution in [3.63, 3.8) is 0 Å². The number of anilines is 1. The maximum Gasteiger partial charge on any atom is 0.355 e. The average Bonchev–Trinajstić information content (AvgIpc) is 3.16. The summed E-state index contributed by atoms with van der Waals surface area (Å²) in [6.07, 6.45) is 1.57. The van der Waals surface area contributed by atoms with Crippen molar-refractivity contribution in [2.75, 3.05) is 25.0 Å². The largest absolute Gasteiger partial charge is 0.451 e. The van der Waals surface area contributed by atoms with Gasteiger partial charge in [-0.15, -0.1) is 0 Å². The zero-order valence-electron chi connectivity index (χ0n) is 14.6. The van der Waals surface area contributed by atoms with Gasteiger partial charge in [-0.05, 0) is 36.4 Å². The molecule has 1 aromatic heterocycles. The smallest absolute Gasteiger partial charge is 0.355 e. The summed E-state index contributed by atoms with van der Waals surface area (Å²) in [6, 6.07) is 9.00. The van der Waals surface area contributed by atoms with E-state index in [1.807, 2.05) is 0 Å². The number of benzene rings is 1. The number of hydrogen-bond acceptors (Lipinski definition) is 5. The third kappa shape index (κ3) is 4.70. The van der Waals surface area contributed by atoms with E-state index >= 15 is 0 Å². The van der Waals surface area contributed by atoms with Crippen molar-refractivity contribution in [3.05, 3.63) is 48.3 Å². The number of aromatic nitrogens is 1. The maximum absolute atomic E-state index is 12.4. The number of carbonyl (C=O) groups is 2. The molecule has 9 heteroatoms. The van der Waals surface area contributed by atoms with E-state index in [4.69, 9.17) is 4.74 Å². The highest BCUT2D eigenvalue weighted by Gasteiger charge is 2.21. The first-order valence-corrected chi connectivity index (χ1v) is 9.53. The Morgan fingerprint density at radius 3 is 2.31 bits per heavy atom. The topological polar surface area (TPSA) is 109 Å². The highest BCUT2D eigenvalue weighted by atomic mass is 32.2. The van der Waals surface area contributed by atoms with Crippen molar-refractivity contribution in [2.24, 2.45) is 0 Å². The Bertz CT molecular complexity index is 841. The Hall–Kier alpha value is -2.65. The minimum Gasteiger partial charge on any atom is -0.451 e. The summed E-state index contributed by atoms with van der Waals surface area (Å²) in [4.78, 5) is 26.3. The molecule has 0 aliphatic heterocycles. The summed E-state index contributed by atoms with van der Waals surface area (Å²) in [5.41, 5.74) is 0.660. The van der Waals surface area contributed by atoms with Crippen molar-refractivity contribution in [2.45, 2.75) is 18.7 Å². The lowest BCUT2D eigenvalue weighted by molar-refractivity contribution is -0.119. The third-order valence-corrected chi connectivity index (χ3v) is 5.70. The number of aromatic amines is 1. The minimum absolute atomic E-state index is 0.150. The number of amides is 1. The molecule has 2 aromatic rings. The molecule has 0 aliphatic rings. The van der Waals surface area contributed by atoms with Gasteiger partial charge in [0, 0.05) is 25.0 Å². The summed E-state index contributed by atoms with van der Waals surface area (Å²) in [5, 5.41) is 2.54. The zero-order chi connectivity index (χ0) is 19.2. The van der Waals surface area contributed by atoms with Crippen molar-refractivity contribution in [1.82, 2.24) is 9.29 Å². The van der Waals surface area contributed by atoms with Gasteiger partial charge in [0.2, 0.25) is 10.0 Å². The van der Waals surface area contributed by atoms with Crippen LogP contribution in [0.5, 0.6) is 0 Å². The second kappa shape index (κ2) is 8.63. The summed E-state index contributed by atoms with van der Waals surface area (Å²) in [7, 11) is -3.55. The van der Waals surface area contributed by atoms with Crippen LogP contribution in [-0.4, -0.2) is 49.3 Å². The fourth-order valence-corrected chi connectivity index (χ4v) is 3.74. The first kappa shape index (κ1) is 19.7. The fourth-order valence-electron chi connectivity index (χ4n) is 2.29. The van der Waals surface area contributed by atoms with E-state index in [2.05, 4.69) is 10.3 Å². The molecule has 0 atom stereocenters. The van der Waals surface area contributed by atoms with Crippen LogP contribution in [0, 0.1) is 0 Å². The number of rotatable bonds is 8. The predicted octanol–water partition coefficient (Wildman–Crippen LogP) is 1.84. The van der Waals surface area contributed by atoms with Gasteiger partial charge >= 0.3 is 5.97 Å². The molecule has 0 spiro atoms. The molecule has 26 heavy (non-hydrogen) atoms. The average molecular weight is 379 g/mol. The molecule has 0 fully saturated rings. The van der Waals surface area contributed by atoms with Gasteiger partial charge in [0.25, 0.3) is 5.91 Å². The summed E-state index contributed by atoms with van der Waals surface area (Å²) in [5.74, 6) is -1.16. The van der Waals surface area contributed by atoms with Crippen molar-refractivity contribution < 1.29 is 22.7 Å². The Kier molecular flexibility index (Phi) is 6.53. The van der Waals surface area contributed by atoms with Gasteiger partial charge in [-0.25, -0.2) is 13.2 Å². The van der Waals surface area contributed by atoms with E-state index < -0.39 is 28.5 Å². The van der Waals surface area contributed by atoms with Crippen LogP contribution in [0.25, 0.3) is 0 Å². The molecular weight excluding hydrogens is 358 g/mol. The SMILES string of the molecule is CCN(CC)S(=O)(=O)c1ccc(NC(=O)COC(=O)c2ccc[nH]2)cc1. The van der Waals surface area contributed by atoms with Crippen LogP contribution < -0.4 is 5.32 Å². The molecule has 140 valence electrons. The van der Waals surface area contributed by atoms with E-state index in [9.17, 15) is 18.0 Å². The Balaban J connectivity index is 1.94. The number of esters is 1. The number of nitrogens with zero attached hydrogens (tertiary/aromatic N) is 1. The zero-order valence-corrected chi connectivity index (χ0v) is 15.4.